The lowest BCUT2D eigenvalue weighted by molar-refractivity contribution is 0.101. The van der Waals surface area contributed by atoms with Crippen molar-refractivity contribution in [3.05, 3.63) is 58.1 Å². The van der Waals surface area contributed by atoms with E-state index >= 15 is 0 Å². The van der Waals surface area contributed by atoms with Gasteiger partial charge in [-0.3, -0.25) is 4.79 Å². The second-order valence-corrected chi connectivity index (χ2v) is 5.54. The lowest BCUT2D eigenvalue weighted by Gasteiger charge is -2.12. The maximum absolute atomic E-state index is 12.5. The molecule has 0 radical (unpaired) electrons. The molecule has 2 aromatic rings. The van der Waals surface area contributed by atoms with Crippen molar-refractivity contribution < 1.29 is 14.3 Å². The number of methoxy groups -OCH3 is 1. The fourth-order valence-corrected chi connectivity index (χ4v) is 2.23. The Kier molecular flexibility index (Phi) is 6.15. The van der Waals surface area contributed by atoms with Gasteiger partial charge in [0.05, 0.1) is 23.8 Å². The van der Waals surface area contributed by atoms with E-state index in [1.807, 2.05) is 6.07 Å². The van der Waals surface area contributed by atoms with Crippen LogP contribution in [-0.4, -0.2) is 26.2 Å². The Bertz CT molecular complexity index is 724. The van der Waals surface area contributed by atoms with Gasteiger partial charge in [-0.15, -0.1) is 0 Å². The number of nitrogens with zero attached hydrogens (tertiary/aromatic N) is 1. The molecule has 0 atom stereocenters. The van der Waals surface area contributed by atoms with Gasteiger partial charge in [0.25, 0.3) is 5.91 Å². The molecule has 0 unspecified atom stereocenters. The third kappa shape index (κ3) is 4.81. The Morgan fingerprint density at radius 3 is 2.61 bits per heavy atom. The largest absolute Gasteiger partial charge is 0.490 e. The standard InChI is InChI=1S/C17H15BrN2O3/c1-22-8-9-23-16-7-4-13(18)10-15(16)17(21)20-14-5-2-12(11-19)3-6-14/h2-7,10H,8-9H2,1H3,(H,20,21). The van der Waals surface area contributed by atoms with Gasteiger partial charge in [0.2, 0.25) is 0 Å². The fourth-order valence-electron chi connectivity index (χ4n) is 1.87. The summed E-state index contributed by atoms with van der Waals surface area (Å²) in [6.07, 6.45) is 0. The van der Waals surface area contributed by atoms with Crippen molar-refractivity contribution in [2.24, 2.45) is 0 Å². The molecule has 2 aromatic carbocycles. The van der Waals surface area contributed by atoms with Gasteiger partial charge in [-0.25, -0.2) is 0 Å². The molecule has 2 rings (SSSR count). The Hall–Kier alpha value is -2.36. The number of rotatable bonds is 6. The average Bonchev–Trinajstić information content (AvgIpc) is 2.57. The van der Waals surface area contributed by atoms with Gasteiger partial charge in [-0.05, 0) is 42.5 Å². The molecule has 0 saturated heterocycles. The highest BCUT2D eigenvalue weighted by Gasteiger charge is 2.14. The van der Waals surface area contributed by atoms with E-state index in [0.717, 1.165) is 4.47 Å². The van der Waals surface area contributed by atoms with Crippen molar-refractivity contribution >= 4 is 27.5 Å². The molecule has 0 fully saturated rings. The van der Waals surface area contributed by atoms with Crippen LogP contribution in [0.4, 0.5) is 5.69 Å². The number of amides is 1. The third-order valence-corrected chi connectivity index (χ3v) is 3.50. The van der Waals surface area contributed by atoms with E-state index in [4.69, 9.17) is 14.7 Å². The molecule has 0 spiro atoms. The number of anilines is 1. The van der Waals surface area contributed by atoms with Gasteiger partial charge in [-0.1, -0.05) is 15.9 Å². The highest BCUT2D eigenvalue weighted by molar-refractivity contribution is 9.10. The van der Waals surface area contributed by atoms with Crippen molar-refractivity contribution in [1.82, 2.24) is 0 Å². The van der Waals surface area contributed by atoms with Crippen LogP contribution in [0, 0.1) is 11.3 Å². The molecule has 6 heteroatoms. The summed E-state index contributed by atoms with van der Waals surface area (Å²) < 4.78 is 11.3. The maximum atomic E-state index is 12.5. The number of nitriles is 1. The van der Waals surface area contributed by atoms with Crippen LogP contribution in [0.3, 0.4) is 0 Å². The zero-order chi connectivity index (χ0) is 16.7. The lowest BCUT2D eigenvalue weighted by Crippen LogP contribution is -2.15. The van der Waals surface area contributed by atoms with Crippen LogP contribution in [0.1, 0.15) is 15.9 Å². The first-order chi connectivity index (χ1) is 11.1. The Morgan fingerprint density at radius 1 is 1.22 bits per heavy atom. The first-order valence-corrected chi connectivity index (χ1v) is 7.66. The smallest absolute Gasteiger partial charge is 0.259 e. The minimum Gasteiger partial charge on any atom is -0.490 e. The fraction of sp³-hybridized carbons (Fsp3) is 0.176. The van der Waals surface area contributed by atoms with E-state index in [2.05, 4.69) is 21.2 Å². The predicted molar refractivity (Wildman–Crippen MR) is 90.6 cm³/mol. The van der Waals surface area contributed by atoms with E-state index in [-0.39, 0.29) is 5.91 Å². The highest BCUT2D eigenvalue weighted by atomic mass is 79.9. The molecule has 0 aliphatic heterocycles. The number of ether oxygens (including phenoxy) is 2. The van der Waals surface area contributed by atoms with Crippen molar-refractivity contribution in [3.63, 3.8) is 0 Å². The topological polar surface area (TPSA) is 71.3 Å². The van der Waals surface area contributed by atoms with Gasteiger partial charge in [0, 0.05) is 17.3 Å². The van der Waals surface area contributed by atoms with E-state index in [1.165, 1.54) is 0 Å². The zero-order valence-electron chi connectivity index (χ0n) is 12.5. The molecule has 1 amide bonds. The third-order valence-electron chi connectivity index (χ3n) is 3.00. The second-order valence-electron chi connectivity index (χ2n) is 4.63. The van der Waals surface area contributed by atoms with Crippen molar-refractivity contribution in [2.45, 2.75) is 0 Å². The van der Waals surface area contributed by atoms with E-state index in [9.17, 15) is 4.79 Å². The summed E-state index contributed by atoms with van der Waals surface area (Å²) in [5.41, 5.74) is 1.56. The quantitative estimate of drug-likeness (QED) is 0.784. The van der Waals surface area contributed by atoms with Crippen molar-refractivity contribution in [3.8, 4) is 11.8 Å². The van der Waals surface area contributed by atoms with Crippen LogP contribution >= 0.6 is 15.9 Å². The molecule has 23 heavy (non-hydrogen) atoms. The maximum Gasteiger partial charge on any atom is 0.259 e. The lowest BCUT2D eigenvalue weighted by atomic mass is 10.1. The van der Waals surface area contributed by atoms with Crippen molar-refractivity contribution in [1.29, 1.82) is 5.26 Å². The Labute approximate surface area is 143 Å². The van der Waals surface area contributed by atoms with Crippen LogP contribution in [0.15, 0.2) is 46.9 Å². The number of carbonyl (C=O) groups is 1. The van der Waals surface area contributed by atoms with E-state index < -0.39 is 0 Å². The minimum absolute atomic E-state index is 0.288. The highest BCUT2D eigenvalue weighted by Crippen LogP contribution is 2.24. The SMILES string of the molecule is COCCOc1ccc(Br)cc1C(=O)Nc1ccc(C#N)cc1. The predicted octanol–water partition coefficient (Wildman–Crippen LogP) is 3.60. The normalized spacial score (nSPS) is 9.96. The molecular formula is C17H15BrN2O3. The summed E-state index contributed by atoms with van der Waals surface area (Å²) >= 11 is 3.35. The van der Waals surface area contributed by atoms with Crippen molar-refractivity contribution in [2.75, 3.05) is 25.6 Å². The van der Waals surface area contributed by atoms with Crippen LogP contribution in [-0.2, 0) is 4.74 Å². The summed E-state index contributed by atoms with van der Waals surface area (Å²) in [4.78, 5) is 12.5. The molecule has 0 aliphatic rings. The number of benzene rings is 2. The summed E-state index contributed by atoms with van der Waals surface area (Å²) in [6.45, 7) is 0.794. The van der Waals surface area contributed by atoms with Crippen LogP contribution in [0.25, 0.3) is 0 Å². The summed E-state index contributed by atoms with van der Waals surface area (Å²) in [5.74, 6) is 0.194. The monoisotopic (exact) mass is 374 g/mol. The van der Waals surface area contributed by atoms with E-state index in [1.54, 1.807) is 49.6 Å². The molecule has 1 N–H and O–H groups in total. The average molecular weight is 375 g/mol. The summed E-state index contributed by atoms with van der Waals surface area (Å²) in [7, 11) is 1.59. The van der Waals surface area contributed by atoms with E-state index in [0.29, 0.717) is 35.8 Å². The number of hydrogen-bond donors (Lipinski definition) is 1. The van der Waals surface area contributed by atoms with Gasteiger partial charge in [-0.2, -0.15) is 5.26 Å². The number of hydrogen-bond acceptors (Lipinski definition) is 4. The Balaban J connectivity index is 2.16. The molecule has 0 aliphatic carbocycles. The molecular weight excluding hydrogens is 360 g/mol. The molecule has 0 bridgehead atoms. The second kappa shape index (κ2) is 8.32. The number of carbonyl (C=O) groups excluding carboxylic acids is 1. The van der Waals surface area contributed by atoms with Gasteiger partial charge in [0.1, 0.15) is 12.4 Å². The summed E-state index contributed by atoms with van der Waals surface area (Å²) in [5, 5.41) is 11.6. The van der Waals surface area contributed by atoms with Gasteiger partial charge < -0.3 is 14.8 Å². The number of halogens is 1. The van der Waals surface area contributed by atoms with Crippen LogP contribution < -0.4 is 10.1 Å². The zero-order valence-corrected chi connectivity index (χ0v) is 14.1. The molecule has 0 heterocycles. The van der Waals surface area contributed by atoms with Crippen LogP contribution in [0.2, 0.25) is 0 Å². The van der Waals surface area contributed by atoms with Crippen LogP contribution in [0.5, 0.6) is 5.75 Å². The molecule has 5 nitrogen and oxygen atoms in total. The van der Waals surface area contributed by atoms with Gasteiger partial charge in [0.15, 0.2) is 0 Å². The molecule has 0 saturated carbocycles. The summed E-state index contributed by atoms with van der Waals surface area (Å²) in [6, 6.07) is 13.9. The molecule has 118 valence electrons. The first kappa shape index (κ1) is 17.0. The van der Waals surface area contributed by atoms with Gasteiger partial charge >= 0.3 is 0 Å². The number of nitrogens with one attached hydrogen (secondary N) is 1. The first-order valence-electron chi connectivity index (χ1n) is 6.87. The Morgan fingerprint density at radius 2 is 1.96 bits per heavy atom. The molecule has 0 aromatic heterocycles. The minimum atomic E-state index is -0.288.